The zero-order chi connectivity index (χ0) is 13.0. The number of pyridine rings is 1. The van der Waals surface area contributed by atoms with Crippen molar-refractivity contribution in [2.24, 2.45) is 5.73 Å². The van der Waals surface area contributed by atoms with Gasteiger partial charge >= 0.3 is 0 Å². The maximum Gasteiger partial charge on any atom is 0.133 e. The first-order valence-corrected chi connectivity index (χ1v) is 6.18. The third kappa shape index (κ3) is 3.00. The SMILES string of the molecule is CN(Cc1ccc(Cl)cc1)c1ncccc1CN. The molecule has 0 unspecified atom stereocenters. The van der Waals surface area contributed by atoms with Crippen molar-refractivity contribution >= 4 is 17.4 Å². The summed E-state index contributed by atoms with van der Waals surface area (Å²) in [6.07, 6.45) is 1.78. The Balaban J connectivity index is 2.16. The van der Waals surface area contributed by atoms with E-state index in [1.54, 1.807) is 6.20 Å². The smallest absolute Gasteiger partial charge is 0.133 e. The molecule has 1 heterocycles. The molecule has 4 heteroatoms. The highest BCUT2D eigenvalue weighted by Gasteiger charge is 2.07. The van der Waals surface area contributed by atoms with Gasteiger partial charge in [0.15, 0.2) is 0 Å². The number of hydrogen-bond donors (Lipinski definition) is 1. The quantitative estimate of drug-likeness (QED) is 0.920. The lowest BCUT2D eigenvalue weighted by molar-refractivity contribution is 0.876. The number of aromatic nitrogens is 1. The molecule has 2 N–H and O–H groups in total. The van der Waals surface area contributed by atoms with E-state index in [0.717, 1.165) is 22.9 Å². The van der Waals surface area contributed by atoms with E-state index in [1.165, 1.54) is 5.56 Å². The molecule has 0 aliphatic heterocycles. The predicted octanol–water partition coefficient (Wildman–Crippen LogP) is 2.83. The van der Waals surface area contributed by atoms with Gasteiger partial charge in [0.1, 0.15) is 5.82 Å². The van der Waals surface area contributed by atoms with E-state index in [1.807, 2.05) is 43.4 Å². The lowest BCUT2D eigenvalue weighted by atomic mass is 10.2. The maximum atomic E-state index is 5.87. The van der Waals surface area contributed by atoms with Gasteiger partial charge in [-0.05, 0) is 23.8 Å². The third-order valence-corrected chi connectivity index (χ3v) is 3.03. The van der Waals surface area contributed by atoms with Crippen LogP contribution in [0.4, 0.5) is 5.82 Å². The summed E-state index contributed by atoms with van der Waals surface area (Å²) >= 11 is 5.87. The highest BCUT2D eigenvalue weighted by Crippen LogP contribution is 2.18. The van der Waals surface area contributed by atoms with Crippen molar-refractivity contribution in [1.82, 2.24) is 4.98 Å². The molecule has 0 saturated carbocycles. The molecule has 18 heavy (non-hydrogen) atoms. The van der Waals surface area contributed by atoms with Crippen molar-refractivity contribution in [1.29, 1.82) is 0 Å². The highest BCUT2D eigenvalue weighted by atomic mass is 35.5. The van der Waals surface area contributed by atoms with Crippen LogP contribution < -0.4 is 10.6 Å². The number of halogens is 1. The fourth-order valence-corrected chi connectivity index (χ4v) is 2.00. The first-order chi connectivity index (χ1) is 8.70. The van der Waals surface area contributed by atoms with Crippen molar-refractivity contribution in [2.45, 2.75) is 13.1 Å². The summed E-state index contributed by atoms with van der Waals surface area (Å²) in [5.41, 5.74) is 7.96. The van der Waals surface area contributed by atoms with E-state index in [9.17, 15) is 0 Å². The lowest BCUT2D eigenvalue weighted by Crippen LogP contribution is -2.20. The van der Waals surface area contributed by atoms with E-state index < -0.39 is 0 Å². The Kier molecular flexibility index (Phi) is 4.18. The average molecular weight is 262 g/mol. The van der Waals surface area contributed by atoms with Gasteiger partial charge in [0.2, 0.25) is 0 Å². The standard InChI is InChI=1S/C14H16ClN3/c1-18(10-11-4-6-13(15)7-5-11)14-12(9-16)3-2-8-17-14/h2-8H,9-10,16H2,1H3. The fourth-order valence-electron chi connectivity index (χ4n) is 1.87. The Hall–Kier alpha value is -1.58. The summed E-state index contributed by atoms with van der Waals surface area (Å²) in [7, 11) is 2.01. The van der Waals surface area contributed by atoms with Gasteiger partial charge in [-0.25, -0.2) is 4.98 Å². The van der Waals surface area contributed by atoms with Crippen molar-refractivity contribution in [2.75, 3.05) is 11.9 Å². The summed E-state index contributed by atoms with van der Waals surface area (Å²) in [4.78, 5) is 6.47. The molecule has 0 saturated heterocycles. The summed E-state index contributed by atoms with van der Waals surface area (Å²) in [6.45, 7) is 1.27. The second-order valence-electron chi connectivity index (χ2n) is 4.17. The molecule has 0 atom stereocenters. The largest absolute Gasteiger partial charge is 0.355 e. The van der Waals surface area contributed by atoms with Crippen LogP contribution in [-0.2, 0) is 13.1 Å². The first-order valence-electron chi connectivity index (χ1n) is 5.80. The number of hydrogen-bond acceptors (Lipinski definition) is 3. The molecule has 2 rings (SSSR count). The molecular weight excluding hydrogens is 246 g/mol. The van der Waals surface area contributed by atoms with Crippen LogP contribution >= 0.6 is 11.6 Å². The number of anilines is 1. The molecule has 3 nitrogen and oxygen atoms in total. The minimum atomic E-state index is 0.494. The second-order valence-corrected chi connectivity index (χ2v) is 4.61. The van der Waals surface area contributed by atoms with E-state index in [0.29, 0.717) is 6.54 Å². The first kappa shape index (κ1) is 12.9. The average Bonchev–Trinajstić information content (AvgIpc) is 2.41. The second kappa shape index (κ2) is 5.85. The van der Waals surface area contributed by atoms with E-state index >= 15 is 0 Å². The summed E-state index contributed by atoms with van der Waals surface area (Å²) < 4.78 is 0. The molecule has 0 aliphatic rings. The van der Waals surface area contributed by atoms with Gasteiger partial charge in [0.25, 0.3) is 0 Å². The normalized spacial score (nSPS) is 10.4. The van der Waals surface area contributed by atoms with Crippen LogP contribution in [0.3, 0.4) is 0 Å². The zero-order valence-electron chi connectivity index (χ0n) is 10.3. The molecule has 1 aromatic heterocycles. The Morgan fingerprint density at radius 1 is 1.22 bits per heavy atom. The molecule has 0 bridgehead atoms. The van der Waals surface area contributed by atoms with Crippen LogP contribution in [0.2, 0.25) is 5.02 Å². The molecule has 94 valence electrons. The van der Waals surface area contributed by atoms with E-state index in [2.05, 4.69) is 9.88 Å². The van der Waals surface area contributed by atoms with Crippen molar-refractivity contribution in [3.63, 3.8) is 0 Å². The fraction of sp³-hybridized carbons (Fsp3) is 0.214. The minimum absolute atomic E-state index is 0.494. The summed E-state index contributed by atoms with van der Waals surface area (Å²) in [5, 5.41) is 0.752. The van der Waals surface area contributed by atoms with E-state index in [-0.39, 0.29) is 0 Å². The Bertz CT molecular complexity index is 511. The van der Waals surface area contributed by atoms with Crippen LogP contribution in [0.25, 0.3) is 0 Å². The number of rotatable bonds is 4. The predicted molar refractivity (Wildman–Crippen MR) is 75.7 cm³/mol. The Morgan fingerprint density at radius 3 is 2.61 bits per heavy atom. The minimum Gasteiger partial charge on any atom is -0.355 e. The molecule has 0 amide bonds. The maximum absolute atomic E-state index is 5.87. The number of benzene rings is 1. The van der Waals surface area contributed by atoms with Gasteiger partial charge in [-0.2, -0.15) is 0 Å². The topological polar surface area (TPSA) is 42.2 Å². The van der Waals surface area contributed by atoms with E-state index in [4.69, 9.17) is 17.3 Å². The Labute approximate surface area is 112 Å². The van der Waals surface area contributed by atoms with Crippen LogP contribution in [0, 0.1) is 0 Å². The Morgan fingerprint density at radius 2 is 1.94 bits per heavy atom. The molecule has 1 aromatic carbocycles. The zero-order valence-corrected chi connectivity index (χ0v) is 11.1. The van der Waals surface area contributed by atoms with Crippen LogP contribution in [-0.4, -0.2) is 12.0 Å². The summed E-state index contributed by atoms with van der Waals surface area (Å²) in [5.74, 6) is 0.926. The van der Waals surface area contributed by atoms with Gasteiger partial charge in [-0.3, -0.25) is 0 Å². The molecule has 0 spiro atoms. The lowest BCUT2D eigenvalue weighted by Gasteiger charge is -2.20. The van der Waals surface area contributed by atoms with Crippen molar-refractivity contribution in [3.8, 4) is 0 Å². The van der Waals surface area contributed by atoms with Gasteiger partial charge in [0.05, 0.1) is 0 Å². The molecule has 0 radical (unpaired) electrons. The monoisotopic (exact) mass is 261 g/mol. The van der Waals surface area contributed by atoms with Gasteiger partial charge < -0.3 is 10.6 Å². The van der Waals surface area contributed by atoms with Crippen molar-refractivity contribution < 1.29 is 0 Å². The highest BCUT2D eigenvalue weighted by molar-refractivity contribution is 6.30. The van der Waals surface area contributed by atoms with Crippen LogP contribution in [0.15, 0.2) is 42.6 Å². The van der Waals surface area contributed by atoms with Crippen LogP contribution in [0.5, 0.6) is 0 Å². The van der Waals surface area contributed by atoms with Gasteiger partial charge in [0, 0.05) is 36.9 Å². The summed E-state index contributed by atoms with van der Waals surface area (Å²) in [6, 6.07) is 11.7. The third-order valence-electron chi connectivity index (χ3n) is 2.78. The molecular formula is C14H16ClN3. The van der Waals surface area contributed by atoms with Gasteiger partial charge in [-0.1, -0.05) is 29.8 Å². The molecule has 0 aliphatic carbocycles. The van der Waals surface area contributed by atoms with Gasteiger partial charge in [-0.15, -0.1) is 0 Å². The molecule has 0 fully saturated rings. The van der Waals surface area contributed by atoms with Crippen LogP contribution in [0.1, 0.15) is 11.1 Å². The molecule has 2 aromatic rings. The van der Waals surface area contributed by atoms with Crippen molar-refractivity contribution in [3.05, 3.63) is 58.7 Å². The number of nitrogens with zero attached hydrogens (tertiary/aromatic N) is 2. The number of nitrogens with two attached hydrogens (primary N) is 1.